The van der Waals surface area contributed by atoms with Crippen LogP contribution in [0.4, 0.5) is 0 Å². The van der Waals surface area contributed by atoms with Crippen molar-refractivity contribution in [3.8, 4) is 0 Å². The van der Waals surface area contributed by atoms with E-state index in [4.69, 9.17) is 28.4 Å². The molecule has 0 aromatic carbocycles. The predicted octanol–water partition coefficient (Wildman–Crippen LogP) is 5.05. The number of ketones is 1. The van der Waals surface area contributed by atoms with Gasteiger partial charge in [0.2, 0.25) is 0 Å². The first-order valence-electron chi connectivity index (χ1n) is 16.0. The molecule has 0 saturated heterocycles. The van der Waals surface area contributed by atoms with Crippen molar-refractivity contribution in [2.45, 2.75) is 103 Å². The Morgan fingerprint density at radius 2 is 1.46 bits per heavy atom. The van der Waals surface area contributed by atoms with E-state index in [0.29, 0.717) is 30.6 Å². The SMILES string of the molecule is COCO[C@@H]1CC[C@@]2(C)[C@H](C1)[C@@H](OCOC)[C@H](OCOC)[C@H]1[C@H]3C(=O)[C@H]4[C@H]([C@H](C)C[C@]4(O)CC(C)C)[C@@]3(C)CC[C@@H]12. The van der Waals surface area contributed by atoms with Gasteiger partial charge in [0.15, 0.2) is 0 Å². The number of hydrogen-bond donors (Lipinski definition) is 1. The molecule has 0 bridgehead atoms. The molecule has 236 valence electrons. The van der Waals surface area contributed by atoms with Crippen molar-refractivity contribution in [2.75, 3.05) is 41.7 Å². The second-order valence-electron chi connectivity index (χ2n) is 15.2. The molecular weight excluding hydrogens is 524 g/mol. The minimum absolute atomic E-state index is 0.00273. The number of rotatable bonds is 11. The van der Waals surface area contributed by atoms with Gasteiger partial charge in [-0.05, 0) is 85.4 Å². The molecule has 0 heterocycles. The van der Waals surface area contributed by atoms with Crippen molar-refractivity contribution in [1.82, 2.24) is 0 Å². The van der Waals surface area contributed by atoms with E-state index in [1.165, 1.54) is 0 Å². The third kappa shape index (κ3) is 5.15. The molecule has 13 atom stereocenters. The van der Waals surface area contributed by atoms with Crippen LogP contribution in [0.5, 0.6) is 0 Å². The van der Waals surface area contributed by atoms with E-state index in [1.54, 1.807) is 21.3 Å². The number of fused-ring (bicyclic) bond motifs is 7. The number of carbonyl (C=O) groups excluding carboxylic acids is 1. The van der Waals surface area contributed by atoms with Gasteiger partial charge >= 0.3 is 0 Å². The number of ether oxygens (including phenoxy) is 6. The van der Waals surface area contributed by atoms with Gasteiger partial charge in [-0.2, -0.15) is 0 Å². The fourth-order valence-corrected chi connectivity index (χ4v) is 11.4. The lowest BCUT2D eigenvalue weighted by Crippen LogP contribution is -2.66. The molecule has 1 N–H and O–H groups in total. The first-order valence-corrected chi connectivity index (χ1v) is 16.0. The Kier molecular flexibility index (Phi) is 9.35. The standard InChI is InChI=1S/C33H56O8/c1-19(2)14-33(35)15-20(3)25-27(33)28(34)26-24-22(10-12-32(25,26)5)31(4)11-9-21(39-16-36-6)13-23(31)29(40-17-37-7)30(24)41-18-38-8/h19-27,29-30,35H,9-18H2,1-8H3/t20-,21-,22+,23-,24-,25+,26+,27-,29-,30-,31-,32-,33-/m1/s1. The predicted molar refractivity (Wildman–Crippen MR) is 154 cm³/mol. The summed E-state index contributed by atoms with van der Waals surface area (Å²) in [7, 11) is 4.96. The summed E-state index contributed by atoms with van der Waals surface area (Å²) < 4.78 is 35.4. The summed E-state index contributed by atoms with van der Waals surface area (Å²) in [6.07, 6.45) is 5.82. The molecule has 5 fully saturated rings. The van der Waals surface area contributed by atoms with Crippen LogP contribution >= 0.6 is 0 Å². The summed E-state index contributed by atoms with van der Waals surface area (Å²) in [6, 6.07) is 0. The largest absolute Gasteiger partial charge is 0.389 e. The zero-order valence-electron chi connectivity index (χ0n) is 26.7. The Hall–Kier alpha value is -0.610. The molecule has 0 spiro atoms. The quantitative estimate of drug-likeness (QED) is 0.339. The lowest BCUT2D eigenvalue weighted by atomic mass is 9.43. The summed E-state index contributed by atoms with van der Waals surface area (Å²) in [4.78, 5) is 14.9. The summed E-state index contributed by atoms with van der Waals surface area (Å²) in [5, 5.41) is 12.1. The molecule has 8 nitrogen and oxygen atoms in total. The van der Waals surface area contributed by atoms with E-state index >= 15 is 0 Å². The molecular formula is C33H56O8. The van der Waals surface area contributed by atoms with Crippen LogP contribution in [0, 0.1) is 58.2 Å². The third-order valence-corrected chi connectivity index (χ3v) is 12.4. The van der Waals surface area contributed by atoms with Gasteiger partial charge in [-0.25, -0.2) is 0 Å². The molecule has 0 amide bonds. The van der Waals surface area contributed by atoms with Crippen LogP contribution < -0.4 is 0 Å². The molecule has 5 saturated carbocycles. The number of hydrogen-bond acceptors (Lipinski definition) is 8. The van der Waals surface area contributed by atoms with Crippen LogP contribution in [0.1, 0.15) is 79.6 Å². The van der Waals surface area contributed by atoms with E-state index in [0.717, 1.165) is 32.1 Å². The zero-order chi connectivity index (χ0) is 29.7. The van der Waals surface area contributed by atoms with Gasteiger partial charge in [-0.1, -0.05) is 34.6 Å². The second kappa shape index (κ2) is 12.1. The van der Waals surface area contributed by atoms with Crippen LogP contribution in [0.2, 0.25) is 0 Å². The van der Waals surface area contributed by atoms with E-state index in [2.05, 4.69) is 34.6 Å². The van der Waals surface area contributed by atoms with Crippen molar-refractivity contribution in [3.63, 3.8) is 0 Å². The lowest BCUT2D eigenvalue weighted by Gasteiger charge is -2.64. The Bertz CT molecular complexity index is 927. The van der Waals surface area contributed by atoms with Gasteiger partial charge < -0.3 is 33.5 Å². The Morgan fingerprint density at radius 1 is 0.854 bits per heavy atom. The van der Waals surface area contributed by atoms with E-state index in [-0.39, 0.29) is 84.9 Å². The lowest BCUT2D eigenvalue weighted by molar-refractivity contribution is -0.274. The molecule has 0 aromatic rings. The number of carbonyl (C=O) groups is 1. The summed E-state index contributed by atoms with van der Waals surface area (Å²) >= 11 is 0. The molecule has 0 radical (unpaired) electrons. The highest BCUT2D eigenvalue weighted by molar-refractivity contribution is 5.89. The van der Waals surface area contributed by atoms with E-state index < -0.39 is 5.60 Å². The minimum atomic E-state index is -0.933. The molecule has 0 aliphatic heterocycles. The van der Waals surface area contributed by atoms with E-state index in [1.807, 2.05) is 0 Å². The highest BCUT2D eigenvalue weighted by Crippen LogP contribution is 2.72. The molecule has 5 aliphatic rings. The van der Waals surface area contributed by atoms with Crippen LogP contribution in [0.3, 0.4) is 0 Å². The van der Waals surface area contributed by atoms with Gasteiger partial charge in [0, 0.05) is 33.2 Å². The molecule has 0 unspecified atom stereocenters. The molecule has 8 heteroatoms. The second-order valence-corrected chi connectivity index (χ2v) is 15.2. The van der Waals surface area contributed by atoms with Crippen LogP contribution in [-0.4, -0.2) is 76.5 Å². The molecule has 5 aliphatic carbocycles. The van der Waals surface area contributed by atoms with Crippen LogP contribution in [0.25, 0.3) is 0 Å². The number of methoxy groups -OCH3 is 3. The van der Waals surface area contributed by atoms with Crippen molar-refractivity contribution in [1.29, 1.82) is 0 Å². The average molecular weight is 581 g/mol. The molecule has 5 rings (SSSR count). The zero-order valence-corrected chi connectivity index (χ0v) is 26.7. The van der Waals surface area contributed by atoms with Gasteiger partial charge in [-0.15, -0.1) is 0 Å². The number of Topliss-reactive ketones (excluding diaryl/α,β-unsaturated/α-hetero) is 1. The average Bonchev–Trinajstić information content (AvgIpc) is 3.33. The fraction of sp³-hybridized carbons (Fsp3) is 0.970. The monoisotopic (exact) mass is 580 g/mol. The Balaban J connectivity index is 1.57. The molecule has 41 heavy (non-hydrogen) atoms. The van der Waals surface area contributed by atoms with Gasteiger partial charge in [0.1, 0.15) is 26.2 Å². The summed E-state index contributed by atoms with van der Waals surface area (Å²) in [6.45, 7) is 12.0. The van der Waals surface area contributed by atoms with Crippen molar-refractivity contribution < 1.29 is 38.3 Å². The van der Waals surface area contributed by atoms with Crippen molar-refractivity contribution >= 4 is 5.78 Å². The summed E-state index contributed by atoms with van der Waals surface area (Å²) in [5.41, 5.74) is -1.13. The normalized spacial score (nSPS) is 49.1. The first kappa shape index (κ1) is 31.8. The molecule has 0 aromatic heterocycles. The third-order valence-electron chi connectivity index (χ3n) is 12.4. The van der Waals surface area contributed by atoms with Crippen molar-refractivity contribution in [3.05, 3.63) is 0 Å². The van der Waals surface area contributed by atoms with Crippen molar-refractivity contribution in [2.24, 2.45) is 58.2 Å². The maximum atomic E-state index is 14.9. The topological polar surface area (TPSA) is 92.7 Å². The van der Waals surface area contributed by atoms with Gasteiger partial charge in [-0.3, -0.25) is 4.79 Å². The first-order chi connectivity index (χ1) is 19.5. The maximum Gasteiger partial charge on any atom is 0.146 e. The summed E-state index contributed by atoms with van der Waals surface area (Å²) in [5.74, 6) is 1.12. The maximum absolute atomic E-state index is 14.9. The highest BCUT2D eigenvalue weighted by Gasteiger charge is 2.74. The highest BCUT2D eigenvalue weighted by atomic mass is 16.7. The van der Waals surface area contributed by atoms with Gasteiger partial charge in [0.25, 0.3) is 0 Å². The Morgan fingerprint density at radius 3 is 2.10 bits per heavy atom. The minimum Gasteiger partial charge on any atom is -0.389 e. The van der Waals surface area contributed by atoms with Gasteiger partial charge in [0.05, 0.1) is 29.8 Å². The Labute approximate surface area is 247 Å². The fourth-order valence-electron chi connectivity index (χ4n) is 11.4. The number of aliphatic hydroxyl groups is 1. The van der Waals surface area contributed by atoms with E-state index in [9.17, 15) is 9.90 Å². The van der Waals surface area contributed by atoms with Crippen LogP contribution in [-0.2, 0) is 33.2 Å². The smallest absolute Gasteiger partial charge is 0.146 e. The van der Waals surface area contributed by atoms with Crippen LogP contribution in [0.15, 0.2) is 0 Å².